The van der Waals surface area contributed by atoms with Crippen molar-refractivity contribution in [1.82, 2.24) is 0 Å². The van der Waals surface area contributed by atoms with E-state index in [9.17, 15) is 4.39 Å². The third kappa shape index (κ3) is 2.41. The second-order valence-corrected chi connectivity index (χ2v) is 5.37. The Morgan fingerprint density at radius 3 is 2.67 bits per heavy atom. The average Bonchev–Trinajstić information content (AvgIpc) is 2.67. The number of rotatable bonds is 3. The van der Waals surface area contributed by atoms with Crippen molar-refractivity contribution in [3.63, 3.8) is 0 Å². The first-order valence-corrected chi connectivity index (χ1v) is 5.85. The van der Waals surface area contributed by atoms with E-state index in [2.05, 4.69) is 12.2 Å². The molecule has 3 heteroatoms. The number of thioether (sulfide) groups is 1. The number of hydrogen-bond donors (Lipinski definition) is 1. The van der Waals surface area contributed by atoms with Crippen LogP contribution in [-0.4, -0.2) is 11.3 Å². The SMILES string of the molecule is NCC1(Sc2cccc(F)c2)CC=CC1. The van der Waals surface area contributed by atoms with Crippen molar-refractivity contribution in [2.45, 2.75) is 22.5 Å². The van der Waals surface area contributed by atoms with E-state index in [-0.39, 0.29) is 10.6 Å². The molecule has 1 aromatic carbocycles. The summed E-state index contributed by atoms with van der Waals surface area (Å²) >= 11 is 1.69. The van der Waals surface area contributed by atoms with Gasteiger partial charge in [-0.3, -0.25) is 0 Å². The lowest BCUT2D eigenvalue weighted by atomic mass is 10.1. The molecule has 2 N–H and O–H groups in total. The van der Waals surface area contributed by atoms with Crippen molar-refractivity contribution in [3.8, 4) is 0 Å². The molecule has 0 radical (unpaired) electrons. The number of allylic oxidation sites excluding steroid dienone is 2. The summed E-state index contributed by atoms with van der Waals surface area (Å²) in [5.41, 5.74) is 5.80. The minimum Gasteiger partial charge on any atom is -0.329 e. The molecule has 0 saturated heterocycles. The Hall–Kier alpha value is -0.800. The highest BCUT2D eigenvalue weighted by atomic mass is 32.2. The maximum absolute atomic E-state index is 13.0. The normalized spacial score (nSPS) is 18.3. The lowest BCUT2D eigenvalue weighted by Crippen LogP contribution is -2.31. The maximum atomic E-state index is 13.0. The summed E-state index contributed by atoms with van der Waals surface area (Å²) in [6.07, 6.45) is 6.26. The van der Waals surface area contributed by atoms with Crippen LogP contribution >= 0.6 is 11.8 Å². The molecule has 0 aromatic heterocycles. The van der Waals surface area contributed by atoms with Crippen LogP contribution in [0.2, 0.25) is 0 Å². The zero-order valence-electron chi connectivity index (χ0n) is 8.45. The van der Waals surface area contributed by atoms with Gasteiger partial charge in [-0.05, 0) is 31.0 Å². The van der Waals surface area contributed by atoms with E-state index >= 15 is 0 Å². The summed E-state index contributed by atoms with van der Waals surface area (Å²) in [5, 5.41) is 0. The van der Waals surface area contributed by atoms with Crippen LogP contribution in [0.5, 0.6) is 0 Å². The Balaban J connectivity index is 2.13. The van der Waals surface area contributed by atoms with Crippen LogP contribution in [0.3, 0.4) is 0 Å². The molecule has 2 rings (SSSR count). The molecule has 1 aromatic rings. The van der Waals surface area contributed by atoms with E-state index in [4.69, 9.17) is 5.73 Å². The molecule has 1 aliphatic carbocycles. The Morgan fingerprint density at radius 2 is 2.07 bits per heavy atom. The summed E-state index contributed by atoms with van der Waals surface area (Å²) < 4.78 is 13.1. The van der Waals surface area contributed by atoms with E-state index < -0.39 is 0 Å². The lowest BCUT2D eigenvalue weighted by Gasteiger charge is -2.26. The van der Waals surface area contributed by atoms with Crippen molar-refractivity contribution in [2.75, 3.05) is 6.54 Å². The second-order valence-electron chi connectivity index (χ2n) is 3.83. The van der Waals surface area contributed by atoms with Crippen molar-refractivity contribution in [3.05, 3.63) is 42.2 Å². The Kier molecular flexibility index (Phi) is 3.12. The third-order valence-corrected chi connectivity index (χ3v) is 4.07. The van der Waals surface area contributed by atoms with E-state index in [1.54, 1.807) is 23.9 Å². The molecular weight excluding hydrogens is 209 g/mol. The number of halogens is 1. The summed E-state index contributed by atoms with van der Waals surface area (Å²) in [4.78, 5) is 0.962. The van der Waals surface area contributed by atoms with Gasteiger partial charge in [-0.2, -0.15) is 0 Å². The predicted octanol–water partition coefficient (Wildman–Crippen LogP) is 2.97. The highest BCUT2D eigenvalue weighted by molar-refractivity contribution is 8.00. The van der Waals surface area contributed by atoms with Crippen molar-refractivity contribution in [2.24, 2.45) is 5.73 Å². The maximum Gasteiger partial charge on any atom is 0.124 e. The van der Waals surface area contributed by atoms with Crippen LogP contribution in [0.25, 0.3) is 0 Å². The van der Waals surface area contributed by atoms with E-state index in [1.165, 1.54) is 6.07 Å². The van der Waals surface area contributed by atoms with Crippen LogP contribution in [-0.2, 0) is 0 Å². The van der Waals surface area contributed by atoms with Gasteiger partial charge in [0.2, 0.25) is 0 Å². The number of nitrogens with two attached hydrogens (primary N) is 1. The van der Waals surface area contributed by atoms with E-state index in [1.807, 2.05) is 6.07 Å². The van der Waals surface area contributed by atoms with E-state index in [0.717, 1.165) is 17.7 Å². The fourth-order valence-electron chi connectivity index (χ4n) is 1.75. The molecule has 0 bridgehead atoms. The second kappa shape index (κ2) is 4.37. The largest absolute Gasteiger partial charge is 0.329 e. The zero-order chi connectivity index (χ0) is 10.7. The molecule has 0 saturated carbocycles. The Bertz CT molecular complexity index is 368. The molecule has 0 unspecified atom stereocenters. The standard InChI is InChI=1S/C12H14FNS/c13-10-4-3-5-11(8-10)15-12(9-14)6-1-2-7-12/h1-5,8H,6-7,9,14H2. The molecule has 80 valence electrons. The quantitative estimate of drug-likeness (QED) is 0.797. The average molecular weight is 223 g/mol. The van der Waals surface area contributed by atoms with Crippen LogP contribution < -0.4 is 5.73 Å². The fourth-order valence-corrected chi connectivity index (χ4v) is 3.01. The first-order valence-electron chi connectivity index (χ1n) is 5.04. The molecule has 0 spiro atoms. The minimum absolute atomic E-state index is 0.0494. The van der Waals surface area contributed by atoms with Gasteiger partial charge >= 0.3 is 0 Å². The summed E-state index contributed by atoms with van der Waals surface area (Å²) in [5.74, 6) is -0.182. The monoisotopic (exact) mass is 223 g/mol. The van der Waals surface area contributed by atoms with Crippen molar-refractivity contribution < 1.29 is 4.39 Å². The van der Waals surface area contributed by atoms with Gasteiger partial charge in [0, 0.05) is 16.2 Å². The van der Waals surface area contributed by atoms with Crippen LogP contribution in [0.1, 0.15) is 12.8 Å². The first kappa shape index (κ1) is 10.7. The predicted molar refractivity (Wildman–Crippen MR) is 62.4 cm³/mol. The highest BCUT2D eigenvalue weighted by Gasteiger charge is 2.30. The Labute approximate surface area is 93.6 Å². The third-order valence-electron chi connectivity index (χ3n) is 2.65. The van der Waals surface area contributed by atoms with Gasteiger partial charge in [0.15, 0.2) is 0 Å². The van der Waals surface area contributed by atoms with Crippen LogP contribution in [0.4, 0.5) is 4.39 Å². The topological polar surface area (TPSA) is 26.0 Å². The van der Waals surface area contributed by atoms with Gasteiger partial charge in [0.1, 0.15) is 5.82 Å². The molecule has 1 nitrogen and oxygen atoms in total. The van der Waals surface area contributed by atoms with Crippen molar-refractivity contribution >= 4 is 11.8 Å². The van der Waals surface area contributed by atoms with Gasteiger partial charge in [0.05, 0.1) is 0 Å². The van der Waals surface area contributed by atoms with E-state index in [0.29, 0.717) is 6.54 Å². The van der Waals surface area contributed by atoms with Gasteiger partial charge in [-0.25, -0.2) is 4.39 Å². The first-order chi connectivity index (χ1) is 7.24. The van der Waals surface area contributed by atoms with Crippen LogP contribution in [0.15, 0.2) is 41.3 Å². The minimum atomic E-state index is -0.182. The summed E-state index contributed by atoms with van der Waals surface area (Å²) in [7, 11) is 0. The molecule has 0 aliphatic heterocycles. The molecule has 0 amide bonds. The van der Waals surface area contributed by atoms with Crippen LogP contribution in [0, 0.1) is 5.82 Å². The number of benzene rings is 1. The zero-order valence-corrected chi connectivity index (χ0v) is 9.27. The Morgan fingerprint density at radius 1 is 1.33 bits per heavy atom. The fraction of sp³-hybridized carbons (Fsp3) is 0.333. The molecular formula is C12H14FNS. The molecule has 1 aliphatic rings. The number of hydrogen-bond acceptors (Lipinski definition) is 2. The van der Waals surface area contributed by atoms with Gasteiger partial charge in [0.25, 0.3) is 0 Å². The van der Waals surface area contributed by atoms with Gasteiger partial charge in [-0.1, -0.05) is 18.2 Å². The summed E-state index contributed by atoms with van der Waals surface area (Å²) in [6.45, 7) is 0.626. The molecule has 15 heavy (non-hydrogen) atoms. The van der Waals surface area contributed by atoms with Crippen molar-refractivity contribution in [1.29, 1.82) is 0 Å². The van der Waals surface area contributed by atoms with Gasteiger partial charge in [-0.15, -0.1) is 11.8 Å². The molecule has 0 fully saturated rings. The highest BCUT2D eigenvalue weighted by Crippen LogP contribution is 2.41. The molecule has 0 heterocycles. The summed E-state index contributed by atoms with van der Waals surface area (Å²) in [6, 6.07) is 6.71. The molecule has 0 atom stereocenters. The lowest BCUT2D eigenvalue weighted by molar-refractivity contribution is 0.621. The smallest absolute Gasteiger partial charge is 0.124 e. The van der Waals surface area contributed by atoms with Gasteiger partial charge < -0.3 is 5.73 Å².